The molecule has 0 aliphatic rings. The highest BCUT2D eigenvalue weighted by molar-refractivity contribution is 14.1. The van der Waals surface area contributed by atoms with Gasteiger partial charge < -0.3 is 10.6 Å². The maximum atomic E-state index is 12.5. The third-order valence-electron chi connectivity index (χ3n) is 3.59. The van der Waals surface area contributed by atoms with Crippen LogP contribution in [0.1, 0.15) is 41.0 Å². The van der Waals surface area contributed by atoms with Crippen LogP contribution in [0.5, 0.6) is 0 Å². The molecule has 2 amide bonds. The van der Waals surface area contributed by atoms with Gasteiger partial charge in [-0.25, -0.2) is 0 Å². The third-order valence-corrected chi connectivity index (χ3v) is 4.71. The van der Waals surface area contributed by atoms with E-state index in [0.717, 1.165) is 9.99 Å². The van der Waals surface area contributed by atoms with E-state index < -0.39 is 0 Å². The van der Waals surface area contributed by atoms with Gasteiger partial charge in [-0.2, -0.15) is 0 Å². The number of rotatable bonds is 5. The van der Waals surface area contributed by atoms with Crippen molar-refractivity contribution in [3.05, 3.63) is 62.2 Å². The number of anilines is 1. The first-order chi connectivity index (χ1) is 11.4. The Morgan fingerprint density at radius 2 is 1.83 bits per heavy atom. The van der Waals surface area contributed by atoms with Crippen LogP contribution in [0, 0.1) is 3.57 Å². The molecular weight excluding hydrogens is 439 g/mol. The fourth-order valence-electron chi connectivity index (χ4n) is 2.06. The van der Waals surface area contributed by atoms with Crippen molar-refractivity contribution in [2.45, 2.75) is 26.3 Å². The van der Waals surface area contributed by atoms with Gasteiger partial charge in [-0.1, -0.05) is 30.7 Å². The first kappa shape index (κ1) is 18.7. The Labute approximate surface area is 160 Å². The zero-order valence-electron chi connectivity index (χ0n) is 13.4. The van der Waals surface area contributed by atoms with E-state index in [-0.39, 0.29) is 17.9 Å². The number of nitrogens with one attached hydrogen (secondary N) is 2. The molecule has 6 heteroatoms. The highest BCUT2D eigenvalue weighted by atomic mass is 127. The summed E-state index contributed by atoms with van der Waals surface area (Å²) in [5.74, 6) is -0.481. The number of carbonyl (C=O) groups is 2. The normalized spacial score (nSPS) is 11.7. The van der Waals surface area contributed by atoms with E-state index >= 15 is 0 Å². The lowest BCUT2D eigenvalue weighted by Crippen LogP contribution is -2.32. The fourth-order valence-corrected chi connectivity index (χ4v) is 3.17. The van der Waals surface area contributed by atoms with Crippen LogP contribution in [0.2, 0.25) is 5.02 Å². The summed E-state index contributed by atoms with van der Waals surface area (Å²) in [6.45, 7) is 3.94. The van der Waals surface area contributed by atoms with Gasteiger partial charge in [-0.05, 0) is 66.3 Å². The lowest BCUT2D eigenvalue weighted by Gasteiger charge is -2.15. The average Bonchev–Trinajstić information content (AvgIpc) is 2.54. The number of hydrogen-bond donors (Lipinski definition) is 2. The molecule has 1 unspecified atom stereocenters. The van der Waals surface area contributed by atoms with Gasteiger partial charge in [-0.3, -0.25) is 9.59 Å². The van der Waals surface area contributed by atoms with Crippen molar-refractivity contribution in [3.63, 3.8) is 0 Å². The molecule has 2 aromatic carbocycles. The molecule has 2 aromatic rings. The summed E-state index contributed by atoms with van der Waals surface area (Å²) in [5, 5.41) is 6.29. The van der Waals surface area contributed by atoms with Crippen molar-refractivity contribution in [3.8, 4) is 0 Å². The van der Waals surface area contributed by atoms with Crippen molar-refractivity contribution in [2.24, 2.45) is 0 Å². The van der Waals surface area contributed by atoms with Crippen LogP contribution in [0.25, 0.3) is 0 Å². The smallest absolute Gasteiger partial charge is 0.256 e. The van der Waals surface area contributed by atoms with Crippen molar-refractivity contribution < 1.29 is 9.59 Å². The van der Waals surface area contributed by atoms with Gasteiger partial charge in [0.15, 0.2) is 0 Å². The predicted molar refractivity (Wildman–Crippen MR) is 106 cm³/mol. The molecule has 0 aliphatic heterocycles. The number of amides is 2. The first-order valence-electron chi connectivity index (χ1n) is 7.58. The Hall–Kier alpha value is -1.60. The molecule has 1 atom stereocenters. The minimum Gasteiger partial charge on any atom is -0.350 e. The molecule has 0 saturated carbocycles. The SMILES string of the molecule is CCC(C)NC(=O)c1ccccc1NC(=O)c1ccc(Cl)cc1I. The number of hydrogen-bond acceptors (Lipinski definition) is 2. The zero-order valence-corrected chi connectivity index (χ0v) is 16.3. The molecule has 4 nitrogen and oxygen atoms in total. The monoisotopic (exact) mass is 456 g/mol. The van der Waals surface area contributed by atoms with Crippen molar-refractivity contribution in [1.29, 1.82) is 0 Å². The maximum Gasteiger partial charge on any atom is 0.256 e. The van der Waals surface area contributed by atoms with Crippen molar-refractivity contribution in [1.82, 2.24) is 5.32 Å². The molecule has 0 radical (unpaired) electrons. The summed E-state index contributed by atoms with van der Waals surface area (Å²) >= 11 is 7.98. The van der Waals surface area contributed by atoms with E-state index in [2.05, 4.69) is 33.2 Å². The lowest BCUT2D eigenvalue weighted by molar-refractivity contribution is 0.0940. The van der Waals surface area contributed by atoms with E-state index in [1.165, 1.54) is 0 Å². The summed E-state index contributed by atoms with van der Waals surface area (Å²) in [7, 11) is 0. The molecule has 0 saturated heterocycles. The number of para-hydroxylation sites is 1. The third kappa shape index (κ3) is 4.70. The minimum absolute atomic E-state index is 0.0680. The lowest BCUT2D eigenvalue weighted by atomic mass is 10.1. The summed E-state index contributed by atoms with van der Waals surface area (Å²) < 4.78 is 0.749. The van der Waals surface area contributed by atoms with Gasteiger partial charge in [0.1, 0.15) is 0 Å². The second kappa shape index (κ2) is 8.48. The Morgan fingerprint density at radius 1 is 1.12 bits per heavy atom. The van der Waals surface area contributed by atoms with E-state index in [9.17, 15) is 9.59 Å². The topological polar surface area (TPSA) is 58.2 Å². The number of halogens is 2. The second-order valence-corrected chi connectivity index (χ2v) is 7.01. The van der Waals surface area contributed by atoms with Gasteiger partial charge in [0.25, 0.3) is 11.8 Å². The predicted octanol–water partition coefficient (Wildman–Crippen LogP) is 4.73. The van der Waals surface area contributed by atoms with E-state index in [1.54, 1.807) is 42.5 Å². The van der Waals surface area contributed by atoms with E-state index in [0.29, 0.717) is 21.8 Å². The Bertz CT molecular complexity index is 764. The zero-order chi connectivity index (χ0) is 17.7. The number of carbonyl (C=O) groups excluding carboxylic acids is 2. The fraction of sp³-hybridized carbons (Fsp3) is 0.222. The summed E-state index contributed by atoms with van der Waals surface area (Å²) in [6.07, 6.45) is 0.837. The summed E-state index contributed by atoms with van der Waals surface area (Å²) in [6, 6.07) is 12.1. The van der Waals surface area contributed by atoms with Crippen LogP contribution >= 0.6 is 34.2 Å². The van der Waals surface area contributed by atoms with Crippen molar-refractivity contribution in [2.75, 3.05) is 5.32 Å². The molecule has 0 aliphatic carbocycles. The molecule has 2 rings (SSSR count). The average molecular weight is 457 g/mol. The summed E-state index contributed by atoms with van der Waals surface area (Å²) in [4.78, 5) is 24.9. The molecular formula is C18H18ClIN2O2. The molecule has 24 heavy (non-hydrogen) atoms. The maximum absolute atomic E-state index is 12.5. The van der Waals surface area contributed by atoms with Gasteiger partial charge in [-0.15, -0.1) is 0 Å². The van der Waals surface area contributed by atoms with Crippen LogP contribution in [-0.2, 0) is 0 Å². The molecule has 0 spiro atoms. The Balaban J connectivity index is 2.23. The van der Waals surface area contributed by atoms with Crippen LogP contribution in [0.15, 0.2) is 42.5 Å². The van der Waals surface area contributed by atoms with Gasteiger partial charge in [0.2, 0.25) is 0 Å². The highest BCUT2D eigenvalue weighted by Crippen LogP contribution is 2.21. The molecule has 126 valence electrons. The van der Waals surface area contributed by atoms with Crippen LogP contribution in [0.3, 0.4) is 0 Å². The molecule has 0 bridgehead atoms. The Kier molecular flexibility index (Phi) is 6.62. The quantitative estimate of drug-likeness (QED) is 0.639. The standard InChI is InChI=1S/C18H18ClIN2O2/c1-3-11(2)21-18(24)14-6-4-5-7-16(14)22-17(23)13-9-8-12(19)10-15(13)20/h4-11H,3H2,1-2H3,(H,21,24)(H,22,23). The first-order valence-corrected chi connectivity index (χ1v) is 9.04. The number of benzene rings is 2. The van der Waals surface area contributed by atoms with Gasteiger partial charge in [0.05, 0.1) is 16.8 Å². The largest absolute Gasteiger partial charge is 0.350 e. The van der Waals surface area contributed by atoms with Gasteiger partial charge >= 0.3 is 0 Å². The van der Waals surface area contributed by atoms with E-state index in [4.69, 9.17) is 11.6 Å². The minimum atomic E-state index is -0.278. The molecule has 0 aromatic heterocycles. The van der Waals surface area contributed by atoms with E-state index in [1.807, 2.05) is 13.8 Å². The highest BCUT2D eigenvalue weighted by Gasteiger charge is 2.16. The van der Waals surface area contributed by atoms with Gasteiger partial charge in [0, 0.05) is 14.6 Å². The van der Waals surface area contributed by atoms with Crippen LogP contribution < -0.4 is 10.6 Å². The van der Waals surface area contributed by atoms with Crippen LogP contribution in [0.4, 0.5) is 5.69 Å². The molecule has 0 heterocycles. The second-order valence-electron chi connectivity index (χ2n) is 5.41. The molecule has 2 N–H and O–H groups in total. The summed E-state index contributed by atoms with van der Waals surface area (Å²) in [5.41, 5.74) is 1.43. The van der Waals surface area contributed by atoms with Crippen molar-refractivity contribution >= 4 is 51.7 Å². The van der Waals surface area contributed by atoms with Crippen LogP contribution in [-0.4, -0.2) is 17.9 Å². The Morgan fingerprint density at radius 3 is 2.50 bits per heavy atom. The molecule has 0 fully saturated rings.